The van der Waals surface area contributed by atoms with Gasteiger partial charge in [0.05, 0.1) is 0 Å². The van der Waals surface area contributed by atoms with Crippen molar-refractivity contribution in [2.75, 3.05) is 46.8 Å². The highest BCUT2D eigenvalue weighted by molar-refractivity contribution is 4.69. The summed E-state index contributed by atoms with van der Waals surface area (Å²) in [7, 11) is 4.24. The highest BCUT2D eigenvalue weighted by Gasteiger charge is 2.11. The molecule has 0 spiro atoms. The Morgan fingerprint density at radius 2 is 1.93 bits per heavy atom. The van der Waals surface area contributed by atoms with E-state index in [-0.39, 0.29) is 0 Å². The van der Waals surface area contributed by atoms with Gasteiger partial charge in [-0.25, -0.2) is 0 Å². The van der Waals surface area contributed by atoms with E-state index in [1.165, 1.54) is 38.9 Å². The van der Waals surface area contributed by atoms with E-state index in [1.54, 1.807) is 0 Å². The standard InChI is InChI=1S/C11H25N3/c1-14(2)10-9-13-8-5-11-3-6-12-7-4-11/h11-13H,3-10H2,1-2H3. The summed E-state index contributed by atoms with van der Waals surface area (Å²) in [5.74, 6) is 0.961. The average molecular weight is 199 g/mol. The van der Waals surface area contributed by atoms with Crippen molar-refractivity contribution in [1.29, 1.82) is 0 Å². The molecule has 1 saturated heterocycles. The fourth-order valence-electron chi connectivity index (χ4n) is 1.90. The Kier molecular flexibility index (Phi) is 6.15. The largest absolute Gasteiger partial charge is 0.317 e. The minimum absolute atomic E-state index is 0.961. The van der Waals surface area contributed by atoms with Crippen molar-refractivity contribution < 1.29 is 0 Å². The van der Waals surface area contributed by atoms with Gasteiger partial charge < -0.3 is 15.5 Å². The zero-order chi connectivity index (χ0) is 10.2. The lowest BCUT2D eigenvalue weighted by Crippen LogP contribution is -2.31. The maximum Gasteiger partial charge on any atom is 0.0101 e. The van der Waals surface area contributed by atoms with Gasteiger partial charge in [0.25, 0.3) is 0 Å². The monoisotopic (exact) mass is 199 g/mol. The number of piperidine rings is 1. The second-order valence-corrected chi connectivity index (χ2v) is 4.54. The Balaban J connectivity index is 1.87. The fourth-order valence-corrected chi connectivity index (χ4v) is 1.90. The Labute approximate surface area is 88.2 Å². The molecular formula is C11H25N3. The summed E-state index contributed by atoms with van der Waals surface area (Å²) in [6.45, 7) is 5.91. The van der Waals surface area contributed by atoms with E-state index in [0.717, 1.165) is 19.0 Å². The Hall–Kier alpha value is -0.120. The molecule has 0 aliphatic carbocycles. The predicted molar refractivity (Wildman–Crippen MR) is 61.6 cm³/mol. The van der Waals surface area contributed by atoms with Crippen molar-refractivity contribution in [3.8, 4) is 0 Å². The first kappa shape index (κ1) is 12.0. The highest BCUT2D eigenvalue weighted by Crippen LogP contribution is 2.14. The second kappa shape index (κ2) is 7.21. The molecule has 1 fully saturated rings. The van der Waals surface area contributed by atoms with E-state index in [0.29, 0.717) is 0 Å². The maximum atomic E-state index is 3.50. The zero-order valence-electron chi connectivity index (χ0n) is 9.68. The number of hydrogen-bond donors (Lipinski definition) is 2. The summed E-state index contributed by atoms with van der Waals surface area (Å²) in [6.07, 6.45) is 4.10. The minimum Gasteiger partial charge on any atom is -0.317 e. The van der Waals surface area contributed by atoms with Crippen LogP contribution in [0.2, 0.25) is 0 Å². The number of likely N-dealkylation sites (N-methyl/N-ethyl adjacent to an activating group) is 1. The maximum absolute atomic E-state index is 3.50. The number of rotatable bonds is 6. The second-order valence-electron chi connectivity index (χ2n) is 4.54. The number of nitrogens with one attached hydrogen (secondary N) is 2. The summed E-state index contributed by atoms with van der Waals surface area (Å²) in [5, 5.41) is 6.91. The van der Waals surface area contributed by atoms with E-state index in [2.05, 4.69) is 29.6 Å². The van der Waals surface area contributed by atoms with Crippen LogP contribution < -0.4 is 10.6 Å². The quantitative estimate of drug-likeness (QED) is 0.611. The first-order valence-electron chi connectivity index (χ1n) is 5.85. The van der Waals surface area contributed by atoms with Crippen LogP contribution in [0.5, 0.6) is 0 Å². The smallest absolute Gasteiger partial charge is 0.0101 e. The van der Waals surface area contributed by atoms with Gasteiger partial charge in [0.1, 0.15) is 0 Å². The molecule has 3 heteroatoms. The molecule has 1 heterocycles. The number of nitrogens with zero attached hydrogens (tertiary/aromatic N) is 1. The molecule has 1 rings (SSSR count). The van der Waals surface area contributed by atoms with Crippen LogP contribution in [0.1, 0.15) is 19.3 Å². The molecule has 0 unspecified atom stereocenters. The predicted octanol–water partition coefficient (Wildman–Crippen LogP) is 0.527. The van der Waals surface area contributed by atoms with Crippen LogP contribution in [-0.4, -0.2) is 51.7 Å². The van der Waals surface area contributed by atoms with Crippen molar-refractivity contribution in [2.24, 2.45) is 5.92 Å². The van der Waals surface area contributed by atoms with Crippen LogP contribution in [0.25, 0.3) is 0 Å². The van der Waals surface area contributed by atoms with Gasteiger partial charge in [-0.15, -0.1) is 0 Å². The van der Waals surface area contributed by atoms with Gasteiger partial charge in [0.15, 0.2) is 0 Å². The van der Waals surface area contributed by atoms with Crippen LogP contribution in [0.15, 0.2) is 0 Å². The molecule has 3 nitrogen and oxygen atoms in total. The molecule has 0 bridgehead atoms. The van der Waals surface area contributed by atoms with Crippen LogP contribution in [-0.2, 0) is 0 Å². The molecule has 0 radical (unpaired) electrons. The van der Waals surface area contributed by atoms with Gasteiger partial charge >= 0.3 is 0 Å². The molecule has 0 aromatic carbocycles. The van der Waals surface area contributed by atoms with Crippen molar-refractivity contribution >= 4 is 0 Å². The van der Waals surface area contributed by atoms with E-state index in [4.69, 9.17) is 0 Å². The summed E-state index contributed by atoms with van der Waals surface area (Å²) in [6, 6.07) is 0. The minimum atomic E-state index is 0.961. The first-order chi connectivity index (χ1) is 6.79. The molecule has 14 heavy (non-hydrogen) atoms. The van der Waals surface area contributed by atoms with Crippen molar-refractivity contribution in [1.82, 2.24) is 15.5 Å². The molecule has 0 atom stereocenters. The van der Waals surface area contributed by atoms with Gasteiger partial charge in [-0.2, -0.15) is 0 Å². The van der Waals surface area contributed by atoms with E-state index < -0.39 is 0 Å². The van der Waals surface area contributed by atoms with Crippen LogP contribution in [0, 0.1) is 5.92 Å². The summed E-state index contributed by atoms with van der Waals surface area (Å²) in [4.78, 5) is 2.22. The third-order valence-electron chi connectivity index (χ3n) is 2.92. The molecule has 1 aliphatic rings. The summed E-state index contributed by atoms with van der Waals surface area (Å²) in [5.41, 5.74) is 0. The van der Waals surface area contributed by atoms with Crippen molar-refractivity contribution in [3.05, 3.63) is 0 Å². The molecule has 84 valence electrons. The third kappa shape index (κ3) is 5.58. The molecule has 0 saturated carbocycles. The SMILES string of the molecule is CN(C)CCNCCC1CCNCC1. The lowest BCUT2D eigenvalue weighted by molar-refractivity contribution is 0.341. The van der Waals surface area contributed by atoms with E-state index >= 15 is 0 Å². The summed E-state index contributed by atoms with van der Waals surface area (Å²) < 4.78 is 0. The highest BCUT2D eigenvalue weighted by atomic mass is 15.1. The molecule has 0 amide bonds. The molecule has 2 N–H and O–H groups in total. The van der Waals surface area contributed by atoms with E-state index in [1.807, 2.05) is 0 Å². The summed E-state index contributed by atoms with van der Waals surface area (Å²) >= 11 is 0. The van der Waals surface area contributed by atoms with Crippen LogP contribution in [0.3, 0.4) is 0 Å². The zero-order valence-corrected chi connectivity index (χ0v) is 9.68. The van der Waals surface area contributed by atoms with Crippen LogP contribution >= 0.6 is 0 Å². The first-order valence-corrected chi connectivity index (χ1v) is 5.85. The van der Waals surface area contributed by atoms with Gasteiger partial charge in [-0.1, -0.05) is 0 Å². The molecule has 1 aliphatic heterocycles. The Morgan fingerprint density at radius 3 is 2.57 bits per heavy atom. The van der Waals surface area contributed by atoms with Crippen LogP contribution in [0.4, 0.5) is 0 Å². The van der Waals surface area contributed by atoms with Crippen molar-refractivity contribution in [3.63, 3.8) is 0 Å². The molecular weight excluding hydrogens is 174 g/mol. The van der Waals surface area contributed by atoms with Gasteiger partial charge in [-0.3, -0.25) is 0 Å². The molecule has 0 aromatic rings. The number of hydrogen-bond acceptors (Lipinski definition) is 3. The van der Waals surface area contributed by atoms with Crippen molar-refractivity contribution in [2.45, 2.75) is 19.3 Å². The Morgan fingerprint density at radius 1 is 1.21 bits per heavy atom. The van der Waals surface area contributed by atoms with E-state index in [9.17, 15) is 0 Å². The topological polar surface area (TPSA) is 27.3 Å². The normalized spacial score (nSPS) is 19.1. The lowest BCUT2D eigenvalue weighted by atomic mass is 9.95. The third-order valence-corrected chi connectivity index (χ3v) is 2.92. The van der Waals surface area contributed by atoms with Gasteiger partial charge in [-0.05, 0) is 58.9 Å². The van der Waals surface area contributed by atoms with Gasteiger partial charge in [0, 0.05) is 13.1 Å². The molecule has 0 aromatic heterocycles. The lowest BCUT2D eigenvalue weighted by Gasteiger charge is -2.22. The fraction of sp³-hybridized carbons (Fsp3) is 1.00. The Bertz CT molecular complexity index is 130. The average Bonchev–Trinajstić information content (AvgIpc) is 2.18. The van der Waals surface area contributed by atoms with Gasteiger partial charge in [0.2, 0.25) is 0 Å².